The molecule has 0 aliphatic rings. The van der Waals surface area contributed by atoms with Gasteiger partial charge in [-0.3, -0.25) is 4.57 Å². The molecule has 0 saturated heterocycles. The molecule has 3 aromatic heterocycles. The average Bonchev–Trinajstić information content (AvgIpc) is 3.59. The Labute approximate surface area is 328 Å². The van der Waals surface area contributed by atoms with E-state index in [-0.39, 0.29) is 16.2 Å². The fourth-order valence-electron chi connectivity index (χ4n) is 8.00. The van der Waals surface area contributed by atoms with Crippen LogP contribution in [0.3, 0.4) is 0 Å². The van der Waals surface area contributed by atoms with E-state index in [0.717, 1.165) is 45.4 Å². The van der Waals surface area contributed by atoms with Gasteiger partial charge in [-0.15, -0.1) is 0 Å². The van der Waals surface area contributed by atoms with E-state index in [2.05, 4.69) is 191 Å². The van der Waals surface area contributed by atoms with E-state index >= 15 is 0 Å². The molecule has 0 N–H and O–H groups in total. The Balaban J connectivity index is 1.38. The number of para-hydroxylation sites is 1. The van der Waals surface area contributed by atoms with Crippen LogP contribution in [0.4, 0.5) is 0 Å². The number of aryl methyl sites for hydroxylation is 2. The van der Waals surface area contributed by atoms with Gasteiger partial charge < -0.3 is 4.74 Å². The van der Waals surface area contributed by atoms with Crippen molar-refractivity contribution < 1.29 is 4.74 Å². The first-order valence-electron chi connectivity index (χ1n) is 19.8. The Kier molecular flexibility index (Phi) is 9.39. The van der Waals surface area contributed by atoms with E-state index in [1.54, 1.807) is 0 Å². The van der Waals surface area contributed by atoms with Gasteiger partial charge in [0.1, 0.15) is 17.3 Å². The van der Waals surface area contributed by atoms with E-state index in [1.807, 2.05) is 6.20 Å². The molecule has 0 fully saturated rings. The van der Waals surface area contributed by atoms with Gasteiger partial charge in [0, 0.05) is 40.4 Å². The monoisotopic (exact) mass is 730 g/mol. The number of nitrogens with zero attached hydrogens (tertiary/aromatic N) is 4. The molecule has 55 heavy (non-hydrogen) atoms. The lowest BCUT2D eigenvalue weighted by Crippen LogP contribution is -2.20. The third-order valence-electron chi connectivity index (χ3n) is 11.0. The second-order valence-electron chi connectivity index (χ2n) is 18.9. The predicted molar refractivity (Wildman–Crippen MR) is 232 cm³/mol. The van der Waals surface area contributed by atoms with Gasteiger partial charge in [-0.2, -0.15) is 5.10 Å². The van der Waals surface area contributed by atoms with Crippen LogP contribution >= 0.6 is 0 Å². The first-order valence-corrected chi connectivity index (χ1v) is 19.8. The molecule has 0 atom stereocenters. The number of fused-ring (bicyclic) bond motifs is 3. The molecule has 7 rings (SSSR count). The van der Waals surface area contributed by atoms with E-state index in [1.165, 1.54) is 49.7 Å². The van der Waals surface area contributed by atoms with E-state index in [4.69, 9.17) is 14.8 Å². The topological polar surface area (TPSA) is 44.9 Å². The van der Waals surface area contributed by atoms with Crippen molar-refractivity contribution in [2.75, 3.05) is 0 Å². The Morgan fingerprint density at radius 3 is 1.91 bits per heavy atom. The number of benzene rings is 4. The zero-order valence-corrected chi connectivity index (χ0v) is 35.4. The molecule has 5 nitrogen and oxygen atoms in total. The molecule has 4 aromatic carbocycles. The van der Waals surface area contributed by atoms with Gasteiger partial charge in [0.2, 0.25) is 0 Å². The summed E-state index contributed by atoms with van der Waals surface area (Å²) < 4.78 is 11.3. The minimum absolute atomic E-state index is 0.0460. The summed E-state index contributed by atoms with van der Waals surface area (Å²) in [6.45, 7) is 31.7. The molecule has 3 heterocycles. The number of hydrogen-bond donors (Lipinski definition) is 0. The van der Waals surface area contributed by atoms with Crippen LogP contribution in [-0.4, -0.2) is 19.3 Å². The van der Waals surface area contributed by atoms with Gasteiger partial charge in [-0.25, -0.2) is 9.67 Å². The summed E-state index contributed by atoms with van der Waals surface area (Å²) in [5.74, 6) is 2.85. The van der Waals surface area contributed by atoms with Crippen LogP contribution in [0, 0.1) is 20.8 Å². The van der Waals surface area contributed by atoms with Crippen molar-refractivity contribution in [2.24, 2.45) is 0 Å². The molecular weight excluding hydrogens is 673 g/mol. The summed E-state index contributed by atoms with van der Waals surface area (Å²) >= 11 is 0. The summed E-state index contributed by atoms with van der Waals surface area (Å²) in [6, 6.07) is 30.6. The summed E-state index contributed by atoms with van der Waals surface area (Å²) in [4.78, 5) is 4.86. The van der Waals surface area contributed by atoms with Gasteiger partial charge in [0.25, 0.3) is 0 Å². The third-order valence-corrected chi connectivity index (χ3v) is 11.0. The Hall–Kier alpha value is -5.16. The molecule has 0 aliphatic heterocycles. The Bertz CT molecular complexity index is 2540. The predicted octanol–water partition coefficient (Wildman–Crippen LogP) is 13.8. The number of hydrogen-bond acceptors (Lipinski definition) is 3. The fourth-order valence-corrected chi connectivity index (χ4v) is 8.00. The standard InChI is InChI=1S/C50H58N4O/c1-30(2)34-21-22-51-45(25-34)53-43-18-16-15-17-39(43)40-20-19-37(29-44(40)53)55-38-27-35(48(6,7)8)26-36(28-38)54-33(5)46(32(4)52-54)47-41(49(9,10)11)23-31(3)24-42(47)50(12,13)14/h15-30H,1-14H3. The zero-order valence-electron chi connectivity index (χ0n) is 35.4. The average molecular weight is 731 g/mol. The molecule has 0 bridgehead atoms. The Morgan fingerprint density at radius 2 is 1.27 bits per heavy atom. The second kappa shape index (κ2) is 13.5. The maximum Gasteiger partial charge on any atom is 0.137 e. The van der Waals surface area contributed by atoms with Crippen LogP contribution < -0.4 is 4.74 Å². The van der Waals surface area contributed by atoms with Crippen LogP contribution in [0.15, 0.2) is 91.1 Å². The van der Waals surface area contributed by atoms with Crippen molar-refractivity contribution in [3.63, 3.8) is 0 Å². The second-order valence-corrected chi connectivity index (χ2v) is 18.9. The highest BCUT2D eigenvalue weighted by Gasteiger charge is 2.30. The lowest BCUT2D eigenvalue weighted by molar-refractivity contribution is 0.478. The van der Waals surface area contributed by atoms with Crippen molar-refractivity contribution in [1.82, 2.24) is 19.3 Å². The third kappa shape index (κ3) is 7.10. The van der Waals surface area contributed by atoms with Crippen molar-refractivity contribution in [2.45, 2.75) is 119 Å². The molecule has 5 heteroatoms. The van der Waals surface area contributed by atoms with Crippen LogP contribution in [-0.2, 0) is 16.2 Å². The highest BCUT2D eigenvalue weighted by molar-refractivity contribution is 6.09. The SMILES string of the molecule is Cc1cc(C(C)(C)C)c(-c2c(C)nn(-c3cc(Oc4ccc5c6ccccc6n(-c6cc(C(C)C)ccn6)c5c4)cc(C(C)(C)C)c3)c2C)c(C(C)(C)C)c1. The number of rotatable bonds is 6. The van der Waals surface area contributed by atoms with Gasteiger partial charge in [0.15, 0.2) is 0 Å². The number of ether oxygens (including phenoxy) is 1. The van der Waals surface area contributed by atoms with Crippen molar-refractivity contribution in [3.05, 3.63) is 130 Å². The summed E-state index contributed by atoms with van der Waals surface area (Å²) in [7, 11) is 0. The molecular formula is C50H58N4O. The number of aromatic nitrogens is 4. The number of pyridine rings is 1. The van der Waals surface area contributed by atoms with Gasteiger partial charge in [0.05, 0.1) is 22.4 Å². The summed E-state index contributed by atoms with van der Waals surface area (Å²) in [6.07, 6.45) is 1.92. The van der Waals surface area contributed by atoms with Crippen LogP contribution in [0.2, 0.25) is 0 Å². The lowest BCUT2D eigenvalue weighted by atomic mass is 9.73. The van der Waals surface area contributed by atoms with E-state index in [9.17, 15) is 0 Å². The maximum atomic E-state index is 6.86. The van der Waals surface area contributed by atoms with Gasteiger partial charge in [-0.1, -0.05) is 112 Å². The van der Waals surface area contributed by atoms with Crippen LogP contribution in [0.25, 0.3) is 44.4 Å². The molecule has 7 aromatic rings. The smallest absolute Gasteiger partial charge is 0.137 e. The maximum absolute atomic E-state index is 6.86. The molecule has 0 spiro atoms. The van der Waals surface area contributed by atoms with Crippen LogP contribution in [0.5, 0.6) is 11.5 Å². The Morgan fingerprint density at radius 1 is 0.618 bits per heavy atom. The molecule has 0 aliphatic carbocycles. The van der Waals surface area contributed by atoms with E-state index in [0.29, 0.717) is 5.92 Å². The highest BCUT2D eigenvalue weighted by Crippen LogP contribution is 2.45. The lowest BCUT2D eigenvalue weighted by Gasteiger charge is -2.31. The van der Waals surface area contributed by atoms with Gasteiger partial charge >= 0.3 is 0 Å². The fraction of sp³-hybridized carbons (Fsp3) is 0.360. The quantitative estimate of drug-likeness (QED) is 0.171. The molecule has 0 saturated carbocycles. The van der Waals surface area contributed by atoms with Gasteiger partial charge in [-0.05, 0) is 113 Å². The summed E-state index contributed by atoms with van der Waals surface area (Å²) in [5, 5.41) is 7.63. The summed E-state index contributed by atoms with van der Waals surface area (Å²) in [5.41, 5.74) is 14.1. The van der Waals surface area contributed by atoms with Crippen molar-refractivity contribution in [3.8, 4) is 34.1 Å². The first-order chi connectivity index (χ1) is 25.7. The zero-order chi connectivity index (χ0) is 39.8. The molecule has 0 radical (unpaired) electrons. The molecule has 0 unspecified atom stereocenters. The largest absolute Gasteiger partial charge is 0.457 e. The van der Waals surface area contributed by atoms with Crippen LogP contribution in [0.1, 0.15) is 121 Å². The first kappa shape index (κ1) is 38.1. The highest BCUT2D eigenvalue weighted by atomic mass is 16.5. The molecule has 0 amide bonds. The normalized spacial score (nSPS) is 12.7. The van der Waals surface area contributed by atoms with Crippen molar-refractivity contribution in [1.29, 1.82) is 0 Å². The minimum atomic E-state index is -0.119. The van der Waals surface area contributed by atoms with Crippen molar-refractivity contribution >= 4 is 21.8 Å². The minimum Gasteiger partial charge on any atom is -0.457 e. The van der Waals surface area contributed by atoms with E-state index < -0.39 is 0 Å². The molecule has 284 valence electrons.